The molecule has 2 aromatic heterocycles. The number of halogens is 2. The van der Waals surface area contributed by atoms with Crippen LogP contribution in [0.3, 0.4) is 0 Å². The van der Waals surface area contributed by atoms with Crippen LogP contribution in [-0.2, 0) is 0 Å². The zero-order valence-corrected chi connectivity index (χ0v) is 17.2. The van der Waals surface area contributed by atoms with Crippen LogP contribution in [0.5, 0.6) is 5.88 Å². The van der Waals surface area contributed by atoms with Crippen LogP contribution in [0.2, 0.25) is 5.02 Å². The largest absolute Gasteiger partial charge is 0.480 e. The number of methoxy groups -OCH3 is 1. The third-order valence-electron chi connectivity index (χ3n) is 4.96. The molecular formula is C23H20ClFN4O. The van der Waals surface area contributed by atoms with E-state index in [4.69, 9.17) is 22.1 Å². The Balaban J connectivity index is 1.70. The molecule has 0 radical (unpaired) electrons. The number of nitrogens with two attached hydrogens (primary N) is 1. The van der Waals surface area contributed by atoms with Gasteiger partial charge >= 0.3 is 0 Å². The Morgan fingerprint density at radius 2 is 1.87 bits per heavy atom. The molecule has 4 rings (SSSR count). The van der Waals surface area contributed by atoms with E-state index in [1.165, 1.54) is 13.2 Å². The molecule has 7 heteroatoms. The lowest BCUT2D eigenvalue weighted by Crippen LogP contribution is -2.10. The Kier molecular flexibility index (Phi) is 5.42. The molecule has 5 nitrogen and oxygen atoms in total. The van der Waals surface area contributed by atoms with Crippen molar-refractivity contribution in [2.75, 3.05) is 18.2 Å². The number of anilines is 2. The smallest absolute Gasteiger partial charge is 0.236 e. The van der Waals surface area contributed by atoms with Crippen molar-refractivity contribution < 1.29 is 9.13 Å². The third kappa shape index (κ3) is 3.74. The fraction of sp³-hybridized carbons (Fsp3) is 0.130. The fourth-order valence-electron chi connectivity index (χ4n) is 3.41. The van der Waals surface area contributed by atoms with Crippen molar-refractivity contribution in [2.24, 2.45) is 0 Å². The molecule has 0 saturated heterocycles. The molecule has 3 N–H and O–H groups in total. The number of nitrogen functional groups attached to an aromatic ring is 1. The zero-order valence-electron chi connectivity index (χ0n) is 16.5. The molecule has 4 aromatic rings. The maximum absolute atomic E-state index is 14.7. The number of aromatic nitrogens is 2. The number of rotatable bonds is 5. The van der Waals surface area contributed by atoms with E-state index in [0.717, 1.165) is 27.7 Å². The van der Waals surface area contributed by atoms with Crippen LogP contribution in [-0.4, -0.2) is 17.1 Å². The van der Waals surface area contributed by atoms with Gasteiger partial charge in [-0.05, 0) is 36.8 Å². The summed E-state index contributed by atoms with van der Waals surface area (Å²) in [5, 5.41) is 4.70. The molecule has 0 aliphatic heterocycles. The average Bonchev–Trinajstić information content (AvgIpc) is 2.76. The molecule has 1 atom stereocenters. The van der Waals surface area contributed by atoms with Crippen molar-refractivity contribution in [3.63, 3.8) is 0 Å². The van der Waals surface area contributed by atoms with Gasteiger partial charge in [0.2, 0.25) is 5.88 Å². The molecule has 1 unspecified atom stereocenters. The fourth-order valence-corrected chi connectivity index (χ4v) is 3.62. The summed E-state index contributed by atoms with van der Waals surface area (Å²) in [5.41, 5.74) is 9.99. The molecule has 0 amide bonds. The lowest BCUT2D eigenvalue weighted by molar-refractivity contribution is 0.400. The highest BCUT2D eigenvalue weighted by molar-refractivity contribution is 6.34. The summed E-state index contributed by atoms with van der Waals surface area (Å²) in [4.78, 5) is 8.54. The van der Waals surface area contributed by atoms with Crippen molar-refractivity contribution in [1.29, 1.82) is 0 Å². The van der Waals surface area contributed by atoms with Crippen molar-refractivity contribution >= 4 is 33.9 Å². The second-order valence-electron chi connectivity index (χ2n) is 6.92. The van der Waals surface area contributed by atoms with Gasteiger partial charge in [-0.25, -0.2) is 9.37 Å². The summed E-state index contributed by atoms with van der Waals surface area (Å²) in [6, 6.07) is 14.0. The van der Waals surface area contributed by atoms with Crippen LogP contribution in [0, 0.1) is 5.82 Å². The minimum atomic E-state index is -0.350. The predicted octanol–water partition coefficient (Wildman–Crippen LogP) is 5.85. The van der Waals surface area contributed by atoms with Crippen molar-refractivity contribution in [3.8, 4) is 17.0 Å². The summed E-state index contributed by atoms with van der Waals surface area (Å²) in [5.74, 6) is 0.0398. The minimum Gasteiger partial charge on any atom is -0.480 e. The Hall–Kier alpha value is -3.38. The standard InChI is InChI=1S/C23H20ClFN4O/c1-13(29-22-16-5-3-4-6-21(16)27-12-18(22)24)17-9-14(7-8-19(17)25)15-10-20(26)23(30-2)28-11-15/h3-13H,26H2,1-2H3,(H,27,29). The number of nitrogens with one attached hydrogen (secondary N) is 1. The lowest BCUT2D eigenvalue weighted by Gasteiger charge is -2.20. The van der Waals surface area contributed by atoms with Crippen LogP contribution in [0.15, 0.2) is 60.9 Å². The Bertz CT molecular complexity index is 1230. The predicted molar refractivity (Wildman–Crippen MR) is 119 cm³/mol. The number of ether oxygens (including phenoxy) is 1. The number of nitrogens with zero attached hydrogens (tertiary/aromatic N) is 2. The van der Waals surface area contributed by atoms with E-state index < -0.39 is 0 Å². The van der Waals surface area contributed by atoms with Gasteiger partial charge in [-0.3, -0.25) is 4.98 Å². The van der Waals surface area contributed by atoms with E-state index >= 15 is 0 Å². The topological polar surface area (TPSA) is 73.1 Å². The van der Waals surface area contributed by atoms with Gasteiger partial charge in [-0.2, -0.15) is 0 Å². The van der Waals surface area contributed by atoms with Gasteiger partial charge in [-0.15, -0.1) is 0 Å². The third-order valence-corrected chi connectivity index (χ3v) is 5.24. The number of pyridine rings is 2. The minimum absolute atomic E-state index is 0.317. The van der Waals surface area contributed by atoms with Gasteiger partial charge in [0.05, 0.1) is 35.1 Å². The lowest BCUT2D eigenvalue weighted by atomic mass is 10.00. The second kappa shape index (κ2) is 8.16. The summed E-state index contributed by atoms with van der Waals surface area (Å²) in [6.45, 7) is 1.88. The van der Waals surface area contributed by atoms with Crippen molar-refractivity contribution in [1.82, 2.24) is 9.97 Å². The highest BCUT2D eigenvalue weighted by Crippen LogP contribution is 2.34. The number of benzene rings is 2. The molecule has 2 heterocycles. The quantitative estimate of drug-likeness (QED) is 0.422. The molecule has 0 bridgehead atoms. The highest BCUT2D eigenvalue weighted by Gasteiger charge is 2.16. The first-order valence-corrected chi connectivity index (χ1v) is 9.75. The summed E-state index contributed by atoms with van der Waals surface area (Å²) in [7, 11) is 1.51. The van der Waals surface area contributed by atoms with Gasteiger partial charge in [0, 0.05) is 28.9 Å². The maximum atomic E-state index is 14.7. The second-order valence-corrected chi connectivity index (χ2v) is 7.33. The summed E-state index contributed by atoms with van der Waals surface area (Å²) in [6.07, 6.45) is 3.25. The number of para-hydroxylation sites is 1. The first-order valence-electron chi connectivity index (χ1n) is 9.37. The van der Waals surface area contributed by atoms with Gasteiger partial charge in [0.1, 0.15) is 5.82 Å². The molecule has 0 saturated carbocycles. The van der Waals surface area contributed by atoms with Gasteiger partial charge < -0.3 is 15.8 Å². The maximum Gasteiger partial charge on any atom is 0.236 e. The number of hydrogen-bond acceptors (Lipinski definition) is 5. The first-order chi connectivity index (χ1) is 14.5. The van der Waals surface area contributed by atoms with Crippen LogP contribution >= 0.6 is 11.6 Å². The molecule has 30 heavy (non-hydrogen) atoms. The molecule has 0 fully saturated rings. The monoisotopic (exact) mass is 422 g/mol. The van der Waals surface area contributed by atoms with E-state index in [1.54, 1.807) is 30.6 Å². The van der Waals surface area contributed by atoms with Gasteiger partial charge in [-0.1, -0.05) is 35.9 Å². The van der Waals surface area contributed by atoms with E-state index in [2.05, 4.69) is 15.3 Å². The van der Waals surface area contributed by atoms with Gasteiger partial charge in [0.25, 0.3) is 0 Å². The molecular weight excluding hydrogens is 403 g/mol. The van der Waals surface area contributed by atoms with E-state index in [9.17, 15) is 4.39 Å². The van der Waals surface area contributed by atoms with E-state index in [0.29, 0.717) is 22.2 Å². The van der Waals surface area contributed by atoms with E-state index in [1.807, 2.05) is 31.2 Å². The molecule has 152 valence electrons. The van der Waals surface area contributed by atoms with Crippen LogP contribution in [0.4, 0.5) is 15.8 Å². The number of hydrogen-bond donors (Lipinski definition) is 2. The summed E-state index contributed by atoms with van der Waals surface area (Å²) < 4.78 is 19.8. The van der Waals surface area contributed by atoms with Crippen molar-refractivity contribution in [2.45, 2.75) is 13.0 Å². The molecule has 0 aliphatic carbocycles. The Morgan fingerprint density at radius 1 is 1.07 bits per heavy atom. The first kappa shape index (κ1) is 19.9. The Labute approximate surface area is 178 Å². The average molecular weight is 423 g/mol. The zero-order chi connectivity index (χ0) is 21.3. The molecule has 2 aromatic carbocycles. The van der Waals surface area contributed by atoms with Crippen LogP contribution in [0.1, 0.15) is 18.5 Å². The summed E-state index contributed by atoms with van der Waals surface area (Å²) >= 11 is 6.39. The molecule has 0 aliphatic rings. The highest BCUT2D eigenvalue weighted by atomic mass is 35.5. The SMILES string of the molecule is COc1ncc(-c2ccc(F)c(C(C)Nc3c(Cl)cnc4ccccc34)c2)cc1N. The molecule has 0 spiro atoms. The van der Waals surface area contributed by atoms with Gasteiger partial charge in [0.15, 0.2) is 0 Å². The van der Waals surface area contributed by atoms with Crippen LogP contribution < -0.4 is 15.8 Å². The van der Waals surface area contributed by atoms with E-state index in [-0.39, 0.29) is 11.9 Å². The number of fused-ring (bicyclic) bond motifs is 1. The normalized spacial score (nSPS) is 12.0. The van der Waals surface area contributed by atoms with Crippen molar-refractivity contribution in [3.05, 3.63) is 77.3 Å². The van der Waals surface area contributed by atoms with Crippen LogP contribution in [0.25, 0.3) is 22.0 Å². The Morgan fingerprint density at radius 3 is 2.63 bits per heavy atom.